The van der Waals surface area contributed by atoms with Gasteiger partial charge in [-0.2, -0.15) is 11.8 Å². The number of rotatable bonds is 6. The zero-order valence-corrected chi connectivity index (χ0v) is 8.79. The first-order chi connectivity index (χ1) is 5.20. The van der Waals surface area contributed by atoms with Crippen LogP contribution >= 0.6 is 11.8 Å². The van der Waals surface area contributed by atoms with Crippen LogP contribution in [-0.2, 0) is 0 Å². The Labute approximate surface area is 75.1 Å². The smallest absolute Gasteiger partial charge is 0.0101 e. The Hall–Kier alpha value is 0.310. The van der Waals surface area contributed by atoms with Gasteiger partial charge < -0.3 is 5.73 Å². The molecule has 0 aromatic carbocycles. The van der Waals surface area contributed by atoms with Crippen LogP contribution in [0, 0.1) is 5.92 Å². The maximum absolute atomic E-state index is 5.64. The molecule has 0 rings (SSSR count). The highest BCUT2D eigenvalue weighted by Gasteiger charge is 2.03. The van der Waals surface area contributed by atoms with Gasteiger partial charge in [0.1, 0.15) is 0 Å². The standard InChI is InChI=1S/C9H21NS/c1-4-9(5-2)7-11-6-8(3)10/h8-9H,4-7,10H2,1-3H3. The van der Waals surface area contributed by atoms with Crippen LogP contribution in [0.5, 0.6) is 0 Å². The van der Waals surface area contributed by atoms with Crippen molar-refractivity contribution in [3.05, 3.63) is 0 Å². The molecule has 0 bridgehead atoms. The summed E-state index contributed by atoms with van der Waals surface area (Å²) >= 11 is 1.99. The Balaban J connectivity index is 3.21. The molecule has 0 saturated carbocycles. The van der Waals surface area contributed by atoms with Crippen molar-refractivity contribution in [3.8, 4) is 0 Å². The van der Waals surface area contributed by atoms with Crippen LogP contribution in [0.25, 0.3) is 0 Å². The quantitative estimate of drug-likeness (QED) is 0.671. The minimum atomic E-state index is 0.356. The van der Waals surface area contributed by atoms with Gasteiger partial charge in [-0.25, -0.2) is 0 Å². The molecule has 0 aliphatic rings. The van der Waals surface area contributed by atoms with Crippen molar-refractivity contribution in [3.63, 3.8) is 0 Å². The van der Waals surface area contributed by atoms with E-state index in [4.69, 9.17) is 5.73 Å². The summed E-state index contributed by atoms with van der Waals surface area (Å²) in [5.74, 6) is 3.30. The van der Waals surface area contributed by atoms with Gasteiger partial charge in [0.2, 0.25) is 0 Å². The summed E-state index contributed by atoms with van der Waals surface area (Å²) in [4.78, 5) is 0. The van der Waals surface area contributed by atoms with E-state index in [1.54, 1.807) is 0 Å². The van der Waals surface area contributed by atoms with Crippen molar-refractivity contribution >= 4 is 11.8 Å². The van der Waals surface area contributed by atoms with Crippen LogP contribution < -0.4 is 5.73 Å². The lowest BCUT2D eigenvalue weighted by Gasteiger charge is -2.12. The zero-order chi connectivity index (χ0) is 8.69. The molecule has 1 atom stereocenters. The predicted molar refractivity (Wildman–Crippen MR) is 55.0 cm³/mol. The van der Waals surface area contributed by atoms with Crippen molar-refractivity contribution < 1.29 is 0 Å². The largest absolute Gasteiger partial charge is 0.327 e. The van der Waals surface area contributed by atoms with Gasteiger partial charge in [0, 0.05) is 11.8 Å². The number of hydrogen-bond acceptors (Lipinski definition) is 2. The van der Waals surface area contributed by atoms with E-state index in [1.165, 1.54) is 18.6 Å². The monoisotopic (exact) mass is 175 g/mol. The second kappa shape index (κ2) is 6.99. The first-order valence-corrected chi connectivity index (χ1v) is 5.69. The summed E-state index contributed by atoms with van der Waals surface area (Å²) in [5.41, 5.74) is 5.64. The van der Waals surface area contributed by atoms with E-state index in [0.29, 0.717) is 6.04 Å². The molecule has 0 aliphatic heterocycles. The Morgan fingerprint density at radius 3 is 2.09 bits per heavy atom. The van der Waals surface area contributed by atoms with E-state index in [0.717, 1.165) is 11.7 Å². The summed E-state index contributed by atoms with van der Waals surface area (Å²) in [6.45, 7) is 6.60. The molecule has 0 spiro atoms. The van der Waals surface area contributed by atoms with E-state index in [-0.39, 0.29) is 0 Å². The molecule has 68 valence electrons. The third-order valence-electron chi connectivity index (χ3n) is 1.89. The van der Waals surface area contributed by atoms with Gasteiger partial charge in [0.05, 0.1) is 0 Å². The number of thioether (sulfide) groups is 1. The van der Waals surface area contributed by atoms with Crippen LogP contribution in [0.2, 0.25) is 0 Å². The molecule has 11 heavy (non-hydrogen) atoms. The van der Waals surface area contributed by atoms with E-state index in [2.05, 4.69) is 20.8 Å². The Morgan fingerprint density at radius 1 is 1.18 bits per heavy atom. The summed E-state index contributed by atoms with van der Waals surface area (Å²) in [6, 6.07) is 0.356. The molecule has 2 N–H and O–H groups in total. The van der Waals surface area contributed by atoms with Crippen molar-refractivity contribution in [2.75, 3.05) is 11.5 Å². The Bertz CT molecular complexity index is 79.6. The molecular weight excluding hydrogens is 154 g/mol. The average Bonchev–Trinajstić information content (AvgIpc) is 1.98. The van der Waals surface area contributed by atoms with E-state index < -0.39 is 0 Å². The van der Waals surface area contributed by atoms with E-state index >= 15 is 0 Å². The molecule has 0 radical (unpaired) electrons. The van der Waals surface area contributed by atoms with Crippen LogP contribution in [-0.4, -0.2) is 17.5 Å². The molecule has 0 amide bonds. The fourth-order valence-electron chi connectivity index (χ4n) is 0.945. The predicted octanol–water partition coefficient (Wildman–Crippen LogP) is 2.50. The number of hydrogen-bond donors (Lipinski definition) is 1. The lowest BCUT2D eigenvalue weighted by Crippen LogP contribution is -2.18. The summed E-state index contributed by atoms with van der Waals surface area (Å²) in [5, 5.41) is 0. The fourth-order valence-corrected chi connectivity index (χ4v) is 2.26. The molecule has 0 aliphatic carbocycles. The van der Waals surface area contributed by atoms with Gasteiger partial charge in [0.15, 0.2) is 0 Å². The molecule has 1 unspecified atom stereocenters. The minimum Gasteiger partial charge on any atom is -0.327 e. The molecular formula is C9H21NS. The summed E-state index contributed by atoms with van der Waals surface area (Å²) in [7, 11) is 0. The van der Waals surface area contributed by atoms with Crippen molar-refractivity contribution in [2.24, 2.45) is 11.7 Å². The van der Waals surface area contributed by atoms with Crippen LogP contribution in [0.1, 0.15) is 33.6 Å². The van der Waals surface area contributed by atoms with E-state index in [9.17, 15) is 0 Å². The van der Waals surface area contributed by atoms with Gasteiger partial charge in [-0.1, -0.05) is 26.7 Å². The molecule has 1 nitrogen and oxygen atoms in total. The highest BCUT2D eigenvalue weighted by atomic mass is 32.2. The molecule has 0 fully saturated rings. The third-order valence-corrected chi connectivity index (χ3v) is 3.36. The normalized spacial score (nSPS) is 13.9. The van der Waals surface area contributed by atoms with Crippen LogP contribution in [0.4, 0.5) is 0 Å². The summed E-state index contributed by atoms with van der Waals surface area (Å²) in [6.07, 6.45) is 2.62. The van der Waals surface area contributed by atoms with Crippen molar-refractivity contribution in [1.29, 1.82) is 0 Å². The Kier molecular flexibility index (Phi) is 7.18. The molecule has 0 saturated heterocycles. The maximum atomic E-state index is 5.64. The first kappa shape index (κ1) is 11.3. The second-order valence-electron chi connectivity index (χ2n) is 3.20. The SMILES string of the molecule is CCC(CC)CSCC(C)N. The maximum Gasteiger partial charge on any atom is 0.0101 e. The minimum absolute atomic E-state index is 0.356. The zero-order valence-electron chi connectivity index (χ0n) is 7.97. The van der Waals surface area contributed by atoms with Gasteiger partial charge in [-0.3, -0.25) is 0 Å². The van der Waals surface area contributed by atoms with Crippen LogP contribution in [0.15, 0.2) is 0 Å². The Morgan fingerprint density at radius 2 is 1.73 bits per heavy atom. The van der Waals surface area contributed by atoms with Gasteiger partial charge >= 0.3 is 0 Å². The average molecular weight is 175 g/mol. The van der Waals surface area contributed by atoms with Gasteiger partial charge in [-0.05, 0) is 18.6 Å². The first-order valence-electron chi connectivity index (χ1n) is 4.54. The number of nitrogens with two attached hydrogens (primary N) is 1. The highest BCUT2D eigenvalue weighted by Crippen LogP contribution is 2.15. The highest BCUT2D eigenvalue weighted by molar-refractivity contribution is 7.99. The third kappa shape index (κ3) is 6.70. The second-order valence-corrected chi connectivity index (χ2v) is 4.27. The molecule has 0 aromatic rings. The van der Waals surface area contributed by atoms with Gasteiger partial charge in [-0.15, -0.1) is 0 Å². The molecule has 0 heterocycles. The lowest BCUT2D eigenvalue weighted by molar-refractivity contribution is 0.553. The van der Waals surface area contributed by atoms with Crippen LogP contribution in [0.3, 0.4) is 0 Å². The van der Waals surface area contributed by atoms with Gasteiger partial charge in [0.25, 0.3) is 0 Å². The van der Waals surface area contributed by atoms with Crippen molar-refractivity contribution in [1.82, 2.24) is 0 Å². The molecule has 2 heteroatoms. The summed E-state index contributed by atoms with van der Waals surface area (Å²) < 4.78 is 0. The van der Waals surface area contributed by atoms with Crippen molar-refractivity contribution in [2.45, 2.75) is 39.7 Å². The molecule has 0 aromatic heterocycles. The lowest BCUT2D eigenvalue weighted by atomic mass is 10.1. The van der Waals surface area contributed by atoms with E-state index in [1.807, 2.05) is 11.8 Å². The topological polar surface area (TPSA) is 26.0 Å². The fraction of sp³-hybridized carbons (Fsp3) is 1.00.